The molecule has 4 N–H and O–H groups in total. The van der Waals surface area contributed by atoms with E-state index in [2.05, 4.69) is 62.8 Å². The molecule has 1 fully saturated rings. The topological polar surface area (TPSA) is 48.1 Å². The number of rotatable bonds is 6. The van der Waals surface area contributed by atoms with Gasteiger partial charge in [0.05, 0.1) is 0 Å². The predicted molar refractivity (Wildman–Crippen MR) is 116 cm³/mol. The molecule has 1 saturated heterocycles. The summed E-state index contributed by atoms with van der Waals surface area (Å²) >= 11 is 0. The van der Waals surface area contributed by atoms with Crippen molar-refractivity contribution in [1.82, 2.24) is 21.3 Å². The van der Waals surface area contributed by atoms with Gasteiger partial charge in [-0.15, -0.1) is 0 Å². The second-order valence-electron chi connectivity index (χ2n) is 8.36. The minimum absolute atomic E-state index is 0.269. The monoisotopic (exact) mass is 368 g/mol. The van der Waals surface area contributed by atoms with Gasteiger partial charge in [-0.2, -0.15) is 0 Å². The van der Waals surface area contributed by atoms with Gasteiger partial charge in [-0.25, -0.2) is 0 Å². The Balaban J connectivity index is 2.87. The predicted octanol–water partition coefficient (Wildman–Crippen LogP) is 3.81. The van der Waals surface area contributed by atoms with Crippen LogP contribution >= 0.6 is 0 Å². The maximum absolute atomic E-state index is 3.93. The van der Waals surface area contributed by atoms with Gasteiger partial charge < -0.3 is 21.3 Å². The highest BCUT2D eigenvalue weighted by atomic mass is 15.1. The first-order valence-corrected chi connectivity index (χ1v) is 11.5. The van der Waals surface area contributed by atoms with Gasteiger partial charge in [0.15, 0.2) is 0 Å². The number of nitrogens with one attached hydrogen (secondary N) is 4. The molecule has 0 amide bonds. The lowest BCUT2D eigenvalue weighted by molar-refractivity contribution is 0.217. The Morgan fingerprint density at radius 3 is 1.19 bits per heavy atom. The van der Waals surface area contributed by atoms with Crippen LogP contribution in [-0.2, 0) is 0 Å². The molecule has 0 radical (unpaired) electrons. The van der Waals surface area contributed by atoms with Crippen molar-refractivity contribution in [3.8, 4) is 0 Å². The standard InChI is InChI=1S/C22H48N4/c1-7-19-17-21(9-3,10-4)25-16-14-24-20(8-2)18-22(11-5,12-6)26-15-13-23-19/h19-20,23-26H,7-18H2,1-6H3. The average Bonchev–Trinajstić information content (AvgIpc) is 2.69. The molecule has 4 nitrogen and oxygen atoms in total. The third-order valence-corrected chi connectivity index (χ3v) is 7.08. The minimum atomic E-state index is 0.269. The highest BCUT2D eigenvalue weighted by Gasteiger charge is 2.31. The molecule has 0 spiro atoms. The Hall–Kier alpha value is -0.160. The summed E-state index contributed by atoms with van der Waals surface area (Å²) in [5.74, 6) is 0. The normalized spacial score (nSPS) is 28.4. The molecule has 0 aromatic heterocycles. The molecule has 0 aliphatic carbocycles. The van der Waals surface area contributed by atoms with Crippen LogP contribution in [0.3, 0.4) is 0 Å². The summed E-state index contributed by atoms with van der Waals surface area (Å²) in [6.45, 7) is 18.3. The fourth-order valence-corrected chi connectivity index (χ4v) is 4.59. The SMILES string of the molecule is CCC1CC(CC)(CC)NCCNC(CC)CC(CC)(CC)NCCN1. The zero-order valence-corrected chi connectivity index (χ0v) is 18.6. The first-order valence-electron chi connectivity index (χ1n) is 11.5. The van der Waals surface area contributed by atoms with E-state index < -0.39 is 0 Å². The Kier molecular flexibility index (Phi) is 11.3. The van der Waals surface area contributed by atoms with Crippen LogP contribution in [-0.4, -0.2) is 49.3 Å². The van der Waals surface area contributed by atoms with Crippen LogP contribution in [0.4, 0.5) is 0 Å². The Bertz CT molecular complexity index is 316. The van der Waals surface area contributed by atoms with Crippen molar-refractivity contribution < 1.29 is 0 Å². The second-order valence-corrected chi connectivity index (χ2v) is 8.36. The van der Waals surface area contributed by atoms with Crippen LogP contribution in [0.2, 0.25) is 0 Å². The fraction of sp³-hybridized carbons (Fsp3) is 1.00. The van der Waals surface area contributed by atoms with E-state index in [1.54, 1.807) is 0 Å². The van der Waals surface area contributed by atoms with Crippen molar-refractivity contribution >= 4 is 0 Å². The Labute approximate surface area is 164 Å². The third kappa shape index (κ3) is 7.10. The van der Waals surface area contributed by atoms with E-state index in [4.69, 9.17) is 0 Å². The van der Waals surface area contributed by atoms with Crippen molar-refractivity contribution in [1.29, 1.82) is 0 Å². The van der Waals surface area contributed by atoms with Gasteiger partial charge in [-0.05, 0) is 51.4 Å². The molecule has 0 saturated carbocycles. The zero-order valence-electron chi connectivity index (χ0n) is 18.6. The molecule has 0 aromatic rings. The molecule has 2 atom stereocenters. The fourth-order valence-electron chi connectivity index (χ4n) is 4.59. The lowest BCUT2D eigenvalue weighted by Gasteiger charge is -2.39. The molecular weight excluding hydrogens is 320 g/mol. The van der Waals surface area contributed by atoms with E-state index in [-0.39, 0.29) is 11.1 Å². The summed E-state index contributed by atoms with van der Waals surface area (Å²) in [4.78, 5) is 0. The lowest BCUT2D eigenvalue weighted by atomic mass is 9.84. The average molecular weight is 369 g/mol. The molecule has 4 heteroatoms. The number of hydrogen-bond acceptors (Lipinski definition) is 4. The molecule has 156 valence electrons. The smallest absolute Gasteiger partial charge is 0.0191 e. The molecule has 2 unspecified atom stereocenters. The van der Waals surface area contributed by atoms with E-state index in [0.29, 0.717) is 12.1 Å². The molecule has 1 aliphatic heterocycles. The molecular formula is C22H48N4. The van der Waals surface area contributed by atoms with E-state index in [0.717, 1.165) is 26.2 Å². The van der Waals surface area contributed by atoms with Gasteiger partial charge in [0.1, 0.15) is 0 Å². The van der Waals surface area contributed by atoms with Crippen LogP contribution in [0.15, 0.2) is 0 Å². The van der Waals surface area contributed by atoms with Gasteiger partial charge >= 0.3 is 0 Å². The van der Waals surface area contributed by atoms with Crippen molar-refractivity contribution in [3.05, 3.63) is 0 Å². The largest absolute Gasteiger partial charge is 0.313 e. The molecule has 1 rings (SSSR count). The molecule has 1 aliphatic rings. The van der Waals surface area contributed by atoms with E-state index in [1.165, 1.54) is 51.4 Å². The first-order chi connectivity index (χ1) is 12.5. The summed E-state index contributed by atoms with van der Waals surface area (Å²) in [6.07, 6.45) is 9.65. The summed E-state index contributed by atoms with van der Waals surface area (Å²) in [5.41, 5.74) is 0.538. The van der Waals surface area contributed by atoms with E-state index in [1.807, 2.05) is 0 Å². The minimum Gasteiger partial charge on any atom is -0.313 e. The molecule has 0 aromatic carbocycles. The quantitative estimate of drug-likeness (QED) is 0.576. The Morgan fingerprint density at radius 2 is 0.923 bits per heavy atom. The van der Waals surface area contributed by atoms with Crippen molar-refractivity contribution in [3.63, 3.8) is 0 Å². The zero-order chi connectivity index (χ0) is 19.5. The maximum atomic E-state index is 3.93. The van der Waals surface area contributed by atoms with Gasteiger partial charge in [0, 0.05) is 49.3 Å². The first kappa shape index (κ1) is 23.9. The third-order valence-electron chi connectivity index (χ3n) is 7.08. The summed E-state index contributed by atoms with van der Waals surface area (Å²) in [7, 11) is 0. The van der Waals surface area contributed by atoms with Crippen molar-refractivity contribution in [2.24, 2.45) is 0 Å². The highest BCUT2D eigenvalue weighted by Crippen LogP contribution is 2.24. The van der Waals surface area contributed by atoms with Gasteiger partial charge in [0.2, 0.25) is 0 Å². The van der Waals surface area contributed by atoms with Crippen LogP contribution in [0.5, 0.6) is 0 Å². The van der Waals surface area contributed by atoms with Crippen molar-refractivity contribution in [2.75, 3.05) is 26.2 Å². The van der Waals surface area contributed by atoms with Crippen LogP contribution < -0.4 is 21.3 Å². The van der Waals surface area contributed by atoms with Crippen LogP contribution in [0.25, 0.3) is 0 Å². The number of hydrogen-bond donors (Lipinski definition) is 4. The molecule has 0 bridgehead atoms. The Morgan fingerprint density at radius 1 is 0.577 bits per heavy atom. The van der Waals surface area contributed by atoms with Gasteiger partial charge in [-0.1, -0.05) is 41.5 Å². The summed E-state index contributed by atoms with van der Waals surface area (Å²) in [6, 6.07) is 1.20. The molecule has 1 heterocycles. The van der Waals surface area contributed by atoms with Gasteiger partial charge in [-0.3, -0.25) is 0 Å². The maximum Gasteiger partial charge on any atom is 0.0191 e. The summed E-state index contributed by atoms with van der Waals surface area (Å²) < 4.78 is 0. The van der Waals surface area contributed by atoms with Crippen LogP contribution in [0.1, 0.15) is 92.9 Å². The lowest BCUT2D eigenvalue weighted by Crippen LogP contribution is -2.55. The molecule has 26 heavy (non-hydrogen) atoms. The van der Waals surface area contributed by atoms with E-state index in [9.17, 15) is 0 Å². The van der Waals surface area contributed by atoms with Gasteiger partial charge in [0.25, 0.3) is 0 Å². The second kappa shape index (κ2) is 12.3. The summed E-state index contributed by atoms with van der Waals surface area (Å²) in [5, 5.41) is 15.5. The highest BCUT2D eigenvalue weighted by molar-refractivity contribution is 4.93. The van der Waals surface area contributed by atoms with Crippen molar-refractivity contribution in [2.45, 2.75) is 116 Å². The van der Waals surface area contributed by atoms with E-state index >= 15 is 0 Å². The van der Waals surface area contributed by atoms with Crippen LogP contribution in [0, 0.1) is 0 Å².